The number of nitrogens with zero attached hydrogens (tertiary/aromatic N) is 4. The molecule has 0 saturated heterocycles. The topological polar surface area (TPSA) is 98.6 Å². The van der Waals surface area contributed by atoms with Gasteiger partial charge in [-0.3, -0.25) is 14.5 Å². The summed E-state index contributed by atoms with van der Waals surface area (Å²) in [4.78, 5) is 29.7. The molecule has 0 aliphatic carbocycles. The van der Waals surface area contributed by atoms with Crippen molar-refractivity contribution in [3.63, 3.8) is 0 Å². The van der Waals surface area contributed by atoms with Gasteiger partial charge in [-0.05, 0) is 76.6 Å². The lowest BCUT2D eigenvalue weighted by Gasteiger charge is -2.34. The van der Waals surface area contributed by atoms with Crippen LogP contribution in [0.25, 0.3) is 11.0 Å². The molecule has 2 amide bonds. The molecule has 1 atom stereocenters. The third-order valence-electron chi connectivity index (χ3n) is 5.91. The number of amides is 2. The van der Waals surface area contributed by atoms with Crippen LogP contribution >= 0.6 is 0 Å². The fourth-order valence-electron chi connectivity index (χ4n) is 4.36. The number of hydrogen-bond acceptors (Lipinski definition) is 6. The molecule has 0 aliphatic rings. The van der Waals surface area contributed by atoms with Gasteiger partial charge in [-0.15, -0.1) is 5.10 Å². The summed E-state index contributed by atoms with van der Waals surface area (Å²) in [6, 6.07) is 20.9. The van der Waals surface area contributed by atoms with Crippen LogP contribution in [0, 0.1) is 0 Å². The normalized spacial score (nSPS) is 12.1. The van der Waals surface area contributed by atoms with Gasteiger partial charge in [-0.25, -0.2) is 4.68 Å². The Labute approximate surface area is 228 Å². The quantitative estimate of drug-likeness (QED) is 0.313. The van der Waals surface area contributed by atoms with E-state index >= 15 is 0 Å². The maximum Gasteiger partial charge on any atom is 0.249 e. The maximum atomic E-state index is 14.2. The number of aromatic nitrogens is 3. The molecule has 0 unspecified atom stereocenters. The molecular weight excluding hydrogens is 494 g/mol. The first-order valence-corrected chi connectivity index (χ1v) is 13.1. The molecule has 0 fully saturated rings. The van der Waals surface area contributed by atoms with Gasteiger partial charge < -0.3 is 14.8 Å². The number of carbonyl (C=O) groups excluding carboxylic acids is 2. The molecule has 9 heteroatoms. The van der Waals surface area contributed by atoms with Crippen molar-refractivity contribution in [2.24, 2.45) is 0 Å². The highest BCUT2D eigenvalue weighted by atomic mass is 16.5. The van der Waals surface area contributed by atoms with Crippen molar-refractivity contribution in [2.75, 3.05) is 18.1 Å². The van der Waals surface area contributed by atoms with Crippen molar-refractivity contribution in [3.05, 3.63) is 78.4 Å². The molecule has 4 aromatic rings. The van der Waals surface area contributed by atoms with Crippen LogP contribution in [0.15, 0.2) is 72.8 Å². The Bertz CT molecular complexity index is 1430. The Kier molecular flexibility index (Phi) is 8.49. The highest BCUT2D eigenvalue weighted by Gasteiger charge is 2.36. The van der Waals surface area contributed by atoms with Crippen LogP contribution in [-0.4, -0.2) is 45.6 Å². The molecule has 1 N–H and O–H groups in total. The molecule has 0 aliphatic heterocycles. The molecule has 0 bridgehead atoms. The number of nitrogens with one attached hydrogen (secondary N) is 1. The molecule has 204 valence electrons. The average Bonchev–Trinajstić information content (AvgIpc) is 3.30. The van der Waals surface area contributed by atoms with Gasteiger partial charge in [0.15, 0.2) is 0 Å². The van der Waals surface area contributed by atoms with E-state index in [4.69, 9.17) is 9.47 Å². The highest BCUT2D eigenvalue weighted by Crippen LogP contribution is 2.36. The third-order valence-corrected chi connectivity index (χ3v) is 5.91. The van der Waals surface area contributed by atoms with Crippen LogP contribution in [0.5, 0.6) is 11.5 Å². The van der Waals surface area contributed by atoms with E-state index in [0.29, 0.717) is 41.5 Å². The number of hydrogen-bond donors (Lipinski definition) is 1. The second-order valence-corrected chi connectivity index (χ2v) is 10.0. The monoisotopic (exact) mass is 529 g/mol. The Morgan fingerprint density at radius 1 is 0.923 bits per heavy atom. The Morgan fingerprint density at radius 2 is 1.59 bits per heavy atom. The predicted octanol–water partition coefficient (Wildman–Crippen LogP) is 4.92. The molecule has 4 rings (SSSR count). The fraction of sp³-hybridized carbons (Fsp3) is 0.333. The molecular formula is C30H35N5O4. The maximum absolute atomic E-state index is 14.2. The zero-order valence-corrected chi connectivity index (χ0v) is 23.0. The number of carbonyl (C=O) groups is 2. The van der Waals surface area contributed by atoms with Gasteiger partial charge in [0.05, 0.1) is 24.4 Å². The van der Waals surface area contributed by atoms with Crippen molar-refractivity contribution in [1.29, 1.82) is 0 Å². The largest absolute Gasteiger partial charge is 0.494 e. The SMILES string of the molecule is CCOc1ccc([C@H](C(=O)NC(C)(C)C)N(C(=O)Cn2nnc3ccccc32)c2ccccc2OCC)cc1. The number of para-hydroxylation sites is 3. The Morgan fingerprint density at radius 3 is 2.28 bits per heavy atom. The van der Waals surface area contributed by atoms with Gasteiger partial charge in [-0.1, -0.05) is 41.6 Å². The van der Waals surface area contributed by atoms with Gasteiger partial charge >= 0.3 is 0 Å². The van der Waals surface area contributed by atoms with E-state index in [0.717, 1.165) is 5.52 Å². The second kappa shape index (κ2) is 12.0. The standard InChI is InChI=1S/C30H35N5O4/c1-6-38-22-18-16-21(17-19-22)28(29(37)31-30(3,4)5)35(25-14-10-11-15-26(25)39-7-2)27(36)20-34-24-13-9-8-12-23(24)32-33-34/h8-19,28H,6-7,20H2,1-5H3,(H,31,37)/t28-/m1/s1. The van der Waals surface area contributed by atoms with Crippen molar-refractivity contribution in [1.82, 2.24) is 20.3 Å². The molecule has 9 nitrogen and oxygen atoms in total. The molecule has 1 aromatic heterocycles. The molecule has 0 saturated carbocycles. The van der Waals surface area contributed by atoms with Crippen molar-refractivity contribution in [2.45, 2.75) is 52.7 Å². The van der Waals surface area contributed by atoms with Crippen LogP contribution in [0.4, 0.5) is 5.69 Å². The molecule has 39 heavy (non-hydrogen) atoms. The van der Waals surface area contributed by atoms with Gasteiger partial charge in [0.1, 0.15) is 29.6 Å². The van der Waals surface area contributed by atoms with E-state index in [1.807, 2.05) is 83.1 Å². The highest BCUT2D eigenvalue weighted by molar-refractivity contribution is 6.02. The lowest BCUT2D eigenvalue weighted by Crippen LogP contribution is -2.50. The molecule has 3 aromatic carbocycles. The summed E-state index contributed by atoms with van der Waals surface area (Å²) in [5.74, 6) is 0.504. The van der Waals surface area contributed by atoms with E-state index in [2.05, 4.69) is 15.6 Å². The van der Waals surface area contributed by atoms with Crippen LogP contribution in [-0.2, 0) is 16.1 Å². The first-order valence-electron chi connectivity index (χ1n) is 13.1. The summed E-state index contributed by atoms with van der Waals surface area (Å²) < 4.78 is 13.1. The minimum absolute atomic E-state index is 0.128. The van der Waals surface area contributed by atoms with Gasteiger partial charge in [0.2, 0.25) is 11.8 Å². The number of fused-ring (bicyclic) bond motifs is 1. The summed E-state index contributed by atoms with van der Waals surface area (Å²) in [6.45, 7) is 10.3. The summed E-state index contributed by atoms with van der Waals surface area (Å²) in [5, 5.41) is 11.5. The number of ether oxygens (including phenoxy) is 2. The van der Waals surface area contributed by atoms with Gasteiger partial charge in [0.25, 0.3) is 0 Å². The zero-order valence-electron chi connectivity index (χ0n) is 23.0. The second-order valence-electron chi connectivity index (χ2n) is 10.0. The van der Waals surface area contributed by atoms with E-state index in [1.54, 1.807) is 28.9 Å². The van der Waals surface area contributed by atoms with Crippen molar-refractivity contribution >= 4 is 28.5 Å². The van der Waals surface area contributed by atoms with Crippen molar-refractivity contribution in [3.8, 4) is 11.5 Å². The lowest BCUT2D eigenvalue weighted by atomic mass is 10.0. The zero-order chi connectivity index (χ0) is 28.0. The van der Waals surface area contributed by atoms with Crippen LogP contribution < -0.4 is 19.7 Å². The predicted molar refractivity (Wildman–Crippen MR) is 151 cm³/mol. The first-order chi connectivity index (χ1) is 18.7. The average molecular weight is 530 g/mol. The van der Waals surface area contributed by atoms with E-state index in [-0.39, 0.29) is 18.4 Å². The number of rotatable bonds is 10. The number of anilines is 1. The smallest absolute Gasteiger partial charge is 0.249 e. The van der Waals surface area contributed by atoms with Gasteiger partial charge in [0, 0.05) is 5.54 Å². The van der Waals surface area contributed by atoms with Crippen LogP contribution in [0.3, 0.4) is 0 Å². The van der Waals surface area contributed by atoms with E-state index in [1.165, 1.54) is 4.90 Å². The minimum atomic E-state index is -0.996. The Hall–Kier alpha value is -4.40. The third kappa shape index (κ3) is 6.54. The first kappa shape index (κ1) is 27.6. The van der Waals surface area contributed by atoms with Crippen LogP contribution in [0.1, 0.15) is 46.2 Å². The lowest BCUT2D eigenvalue weighted by molar-refractivity contribution is -0.128. The fourth-order valence-corrected chi connectivity index (χ4v) is 4.36. The summed E-state index contributed by atoms with van der Waals surface area (Å²) >= 11 is 0. The van der Waals surface area contributed by atoms with Crippen LogP contribution in [0.2, 0.25) is 0 Å². The molecule has 0 spiro atoms. The van der Waals surface area contributed by atoms with E-state index in [9.17, 15) is 9.59 Å². The molecule has 1 heterocycles. The Balaban J connectivity index is 1.85. The number of benzene rings is 3. The van der Waals surface area contributed by atoms with E-state index < -0.39 is 11.6 Å². The van der Waals surface area contributed by atoms with Crippen molar-refractivity contribution < 1.29 is 19.1 Å². The summed E-state index contributed by atoms with van der Waals surface area (Å²) in [6.07, 6.45) is 0. The minimum Gasteiger partial charge on any atom is -0.494 e. The summed E-state index contributed by atoms with van der Waals surface area (Å²) in [7, 11) is 0. The van der Waals surface area contributed by atoms with Gasteiger partial charge in [-0.2, -0.15) is 0 Å². The molecule has 0 radical (unpaired) electrons. The summed E-state index contributed by atoms with van der Waals surface area (Å²) in [5.41, 5.74) is 1.98.